The highest BCUT2D eigenvalue weighted by Crippen LogP contribution is 2.27. The van der Waals surface area contributed by atoms with Crippen molar-refractivity contribution in [2.75, 3.05) is 0 Å². The lowest BCUT2D eigenvalue weighted by Gasteiger charge is -2.04. The number of rotatable bonds is 3. The van der Waals surface area contributed by atoms with Gasteiger partial charge in [-0.05, 0) is 48.7 Å². The standard InChI is InChI=1S/C16H13FOS/c1-11-2-5-14(6-3-11)18-10-15-9-12-8-13(17)4-7-16(12)19-15/h2-9H,10H2,1H3. The Morgan fingerprint density at radius 3 is 2.63 bits per heavy atom. The number of hydrogen-bond acceptors (Lipinski definition) is 2. The number of thiophene rings is 1. The third kappa shape index (κ3) is 2.76. The first-order chi connectivity index (χ1) is 9.20. The SMILES string of the molecule is Cc1ccc(OCc2cc3cc(F)ccc3s2)cc1. The van der Waals surface area contributed by atoms with Gasteiger partial charge in [0.05, 0.1) is 0 Å². The van der Waals surface area contributed by atoms with Gasteiger partial charge in [-0.3, -0.25) is 0 Å². The smallest absolute Gasteiger partial charge is 0.123 e. The Morgan fingerprint density at radius 2 is 1.84 bits per heavy atom. The second-order valence-corrected chi connectivity index (χ2v) is 5.66. The molecule has 0 spiro atoms. The molecule has 3 heteroatoms. The summed E-state index contributed by atoms with van der Waals surface area (Å²) in [6.07, 6.45) is 0. The molecule has 3 aromatic rings. The molecule has 1 heterocycles. The van der Waals surface area contributed by atoms with Crippen molar-refractivity contribution in [3.05, 3.63) is 64.8 Å². The van der Waals surface area contributed by atoms with Crippen LogP contribution in [0.2, 0.25) is 0 Å². The summed E-state index contributed by atoms with van der Waals surface area (Å²) in [5.41, 5.74) is 1.21. The maximum atomic E-state index is 13.1. The summed E-state index contributed by atoms with van der Waals surface area (Å²) >= 11 is 1.64. The monoisotopic (exact) mass is 272 g/mol. The predicted molar refractivity (Wildman–Crippen MR) is 77.3 cm³/mol. The van der Waals surface area contributed by atoms with Gasteiger partial charge in [0.15, 0.2) is 0 Å². The minimum atomic E-state index is -0.198. The Labute approximate surface area is 115 Å². The second kappa shape index (κ2) is 5.02. The number of halogens is 1. The molecule has 96 valence electrons. The maximum absolute atomic E-state index is 13.1. The number of ether oxygens (including phenoxy) is 1. The summed E-state index contributed by atoms with van der Waals surface area (Å²) in [7, 11) is 0. The Hall–Kier alpha value is -1.87. The van der Waals surface area contributed by atoms with E-state index in [4.69, 9.17) is 4.74 Å². The summed E-state index contributed by atoms with van der Waals surface area (Å²) in [4.78, 5) is 1.10. The van der Waals surface area contributed by atoms with E-state index >= 15 is 0 Å². The van der Waals surface area contributed by atoms with Gasteiger partial charge in [0.2, 0.25) is 0 Å². The lowest BCUT2D eigenvalue weighted by atomic mass is 10.2. The van der Waals surface area contributed by atoms with Crippen molar-refractivity contribution >= 4 is 21.4 Å². The molecule has 3 rings (SSSR count). The molecule has 2 aromatic carbocycles. The molecule has 1 nitrogen and oxygen atoms in total. The van der Waals surface area contributed by atoms with E-state index in [-0.39, 0.29) is 5.82 Å². The molecule has 0 bridgehead atoms. The maximum Gasteiger partial charge on any atom is 0.123 e. The third-order valence-electron chi connectivity index (χ3n) is 2.93. The zero-order valence-corrected chi connectivity index (χ0v) is 11.3. The van der Waals surface area contributed by atoms with Crippen LogP contribution >= 0.6 is 11.3 Å². The van der Waals surface area contributed by atoms with Gasteiger partial charge in [0.25, 0.3) is 0 Å². The van der Waals surface area contributed by atoms with Crippen molar-refractivity contribution in [2.24, 2.45) is 0 Å². The fourth-order valence-corrected chi connectivity index (χ4v) is 2.89. The molecule has 0 radical (unpaired) electrons. The van der Waals surface area contributed by atoms with Crippen molar-refractivity contribution < 1.29 is 9.13 Å². The van der Waals surface area contributed by atoms with Gasteiger partial charge in [0.1, 0.15) is 18.2 Å². The first-order valence-corrected chi connectivity index (χ1v) is 6.90. The van der Waals surface area contributed by atoms with E-state index in [1.54, 1.807) is 17.4 Å². The van der Waals surface area contributed by atoms with E-state index in [1.165, 1.54) is 11.6 Å². The van der Waals surface area contributed by atoms with Crippen LogP contribution in [0.15, 0.2) is 48.5 Å². The molecule has 0 aliphatic heterocycles. The summed E-state index contributed by atoms with van der Waals surface area (Å²) in [5.74, 6) is 0.658. The zero-order valence-electron chi connectivity index (χ0n) is 10.5. The minimum Gasteiger partial charge on any atom is -0.488 e. The third-order valence-corrected chi connectivity index (χ3v) is 4.02. The lowest BCUT2D eigenvalue weighted by molar-refractivity contribution is 0.310. The number of aryl methyl sites for hydroxylation is 1. The van der Waals surface area contributed by atoms with E-state index < -0.39 is 0 Å². The van der Waals surface area contributed by atoms with Gasteiger partial charge in [-0.15, -0.1) is 11.3 Å². The van der Waals surface area contributed by atoms with Crippen LogP contribution in [0.1, 0.15) is 10.4 Å². The van der Waals surface area contributed by atoms with E-state index in [2.05, 4.69) is 0 Å². The quantitative estimate of drug-likeness (QED) is 0.657. The van der Waals surface area contributed by atoms with E-state index in [0.717, 1.165) is 20.7 Å². The molecule has 0 atom stereocenters. The molecule has 1 aromatic heterocycles. The number of hydrogen-bond donors (Lipinski definition) is 0. The fraction of sp³-hybridized carbons (Fsp3) is 0.125. The van der Waals surface area contributed by atoms with E-state index in [1.807, 2.05) is 43.3 Å². The molecule has 0 saturated carbocycles. The van der Waals surface area contributed by atoms with Gasteiger partial charge in [0, 0.05) is 9.58 Å². The van der Waals surface area contributed by atoms with Crippen LogP contribution in [0.5, 0.6) is 5.75 Å². The highest BCUT2D eigenvalue weighted by Gasteiger charge is 2.04. The molecule has 0 fully saturated rings. The van der Waals surface area contributed by atoms with Crippen molar-refractivity contribution in [2.45, 2.75) is 13.5 Å². The van der Waals surface area contributed by atoms with Gasteiger partial charge in [-0.25, -0.2) is 4.39 Å². The van der Waals surface area contributed by atoms with Crippen molar-refractivity contribution in [3.63, 3.8) is 0 Å². The van der Waals surface area contributed by atoms with Crippen molar-refractivity contribution in [1.82, 2.24) is 0 Å². The Balaban J connectivity index is 1.76. The highest BCUT2D eigenvalue weighted by molar-refractivity contribution is 7.19. The van der Waals surface area contributed by atoms with Crippen LogP contribution < -0.4 is 4.74 Å². The first-order valence-electron chi connectivity index (χ1n) is 6.08. The zero-order chi connectivity index (χ0) is 13.2. The second-order valence-electron chi connectivity index (χ2n) is 4.50. The minimum absolute atomic E-state index is 0.198. The van der Waals surface area contributed by atoms with Gasteiger partial charge in [-0.1, -0.05) is 17.7 Å². The first kappa shape index (κ1) is 12.2. The Bertz CT molecular complexity index is 700. The van der Waals surface area contributed by atoms with Gasteiger partial charge in [-0.2, -0.15) is 0 Å². The Morgan fingerprint density at radius 1 is 1.05 bits per heavy atom. The van der Waals surface area contributed by atoms with Crippen LogP contribution in [0, 0.1) is 12.7 Å². The number of benzene rings is 2. The van der Waals surface area contributed by atoms with Crippen molar-refractivity contribution in [3.8, 4) is 5.75 Å². The number of fused-ring (bicyclic) bond motifs is 1. The van der Waals surface area contributed by atoms with Gasteiger partial charge >= 0.3 is 0 Å². The van der Waals surface area contributed by atoms with E-state index in [0.29, 0.717) is 6.61 Å². The fourth-order valence-electron chi connectivity index (χ4n) is 1.93. The van der Waals surface area contributed by atoms with Gasteiger partial charge < -0.3 is 4.74 Å². The summed E-state index contributed by atoms with van der Waals surface area (Å²) in [6, 6.07) is 14.8. The summed E-state index contributed by atoms with van der Waals surface area (Å²) in [6.45, 7) is 2.56. The van der Waals surface area contributed by atoms with Crippen molar-refractivity contribution in [1.29, 1.82) is 0 Å². The molecular formula is C16H13FOS. The molecule has 0 amide bonds. The molecule has 0 unspecified atom stereocenters. The van der Waals surface area contributed by atoms with Crippen LogP contribution in [0.3, 0.4) is 0 Å². The van der Waals surface area contributed by atoms with Crippen LogP contribution in [-0.4, -0.2) is 0 Å². The van der Waals surface area contributed by atoms with E-state index in [9.17, 15) is 4.39 Å². The summed E-state index contributed by atoms with van der Waals surface area (Å²) in [5, 5.41) is 0.938. The molecule has 0 N–H and O–H groups in total. The average molecular weight is 272 g/mol. The van der Waals surface area contributed by atoms with Crippen LogP contribution in [-0.2, 0) is 6.61 Å². The molecular weight excluding hydrogens is 259 g/mol. The van der Waals surface area contributed by atoms with Crippen LogP contribution in [0.4, 0.5) is 4.39 Å². The predicted octanol–water partition coefficient (Wildman–Crippen LogP) is 4.93. The Kier molecular flexibility index (Phi) is 3.22. The molecule has 0 saturated heterocycles. The largest absolute Gasteiger partial charge is 0.488 e. The summed E-state index contributed by atoms with van der Waals surface area (Å²) < 4.78 is 19.9. The van der Waals surface area contributed by atoms with Crippen LogP contribution in [0.25, 0.3) is 10.1 Å². The molecule has 19 heavy (non-hydrogen) atoms. The molecule has 0 aliphatic rings. The molecule has 0 aliphatic carbocycles. The topological polar surface area (TPSA) is 9.23 Å². The average Bonchev–Trinajstić information content (AvgIpc) is 2.80. The normalized spacial score (nSPS) is 10.8. The lowest BCUT2D eigenvalue weighted by Crippen LogP contribution is -1.92. The highest BCUT2D eigenvalue weighted by atomic mass is 32.1.